The lowest BCUT2D eigenvalue weighted by Gasteiger charge is -2.33. The molecule has 0 aliphatic rings. The summed E-state index contributed by atoms with van der Waals surface area (Å²) < 4.78 is 117. The van der Waals surface area contributed by atoms with E-state index < -0.39 is 35.5 Å². The first kappa shape index (κ1) is 24.2. The van der Waals surface area contributed by atoms with Crippen molar-refractivity contribution in [1.82, 2.24) is 0 Å². The fourth-order valence-electron chi connectivity index (χ4n) is 2.28. The lowest BCUT2D eigenvalue weighted by Crippen LogP contribution is -2.59. The highest BCUT2D eigenvalue weighted by Crippen LogP contribution is 2.56. The molecular formula is C16H8Cl3F9Si. The highest BCUT2D eigenvalue weighted by molar-refractivity contribution is 7.69. The smallest absolute Gasteiger partial charge is 0.194 e. The van der Waals surface area contributed by atoms with E-state index in [1.807, 2.05) is 0 Å². The molecular weight excluding hydrogens is 498 g/mol. The molecule has 2 aromatic carbocycles. The van der Waals surface area contributed by atoms with E-state index in [9.17, 15) is 39.5 Å². The first-order chi connectivity index (χ1) is 12.9. The maximum atomic E-state index is 13.9. The Morgan fingerprint density at radius 2 is 0.931 bits per heavy atom. The maximum absolute atomic E-state index is 13.9. The minimum atomic E-state index is -6.95. The van der Waals surface area contributed by atoms with E-state index >= 15 is 0 Å². The van der Waals surface area contributed by atoms with Crippen molar-refractivity contribution in [3.8, 4) is 11.1 Å². The quantitative estimate of drug-likeness (QED) is 0.230. The topological polar surface area (TPSA) is 0 Å². The highest BCUT2D eigenvalue weighted by Gasteiger charge is 2.81. The lowest BCUT2D eigenvalue weighted by molar-refractivity contribution is -0.399. The zero-order valence-corrected chi connectivity index (χ0v) is 16.9. The zero-order chi connectivity index (χ0) is 22.5. The Morgan fingerprint density at radius 3 is 1.28 bits per heavy atom. The van der Waals surface area contributed by atoms with Gasteiger partial charge in [-0.3, -0.25) is 0 Å². The van der Waals surface area contributed by atoms with Crippen LogP contribution in [0.15, 0.2) is 48.5 Å². The molecule has 160 valence electrons. The van der Waals surface area contributed by atoms with Crippen LogP contribution in [0.25, 0.3) is 11.1 Å². The van der Waals surface area contributed by atoms with E-state index in [0.29, 0.717) is 22.9 Å². The Labute approximate surface area is 173 Å². The van der Waals surface area contributed by atoms with Crippen LogP contribution < -0.4 is 5.19 Å². The van der Waals surface area contributed by atoms with Crippen LogP contribution in [0, 0.1) is 0 Å². The second-order valence-electron chi connectivity index (χ2n) is 5.87. The van der Waals surface area contributed by atoms with Gasteiger partial charge in [0, 0.05) is 5.56 Å². The van der Waals surface area contributed by atoms with Gasteiger partial charge in [0.25, 0.3) is 0 Å². The van der Waals surface area contributed by atoms with Gasteiger partial charge in [0.05, 0.1) is 0 Å². The largest absolute Gasteiger partial charge is 0.460 e. The van der Waals surface area contributed by atoms with Crippen LogP contribution in [-0.4, -0.2) is 24.0 Å². The molecule has 0 saturated carbocycles. The molecule has 0 bridgehead atoms. The van der Waals surface area contributed by atoms with Crippen molar-refractivity contribution in [2.45, 2.75) is 23.9 Å². The third-order valence-corrected chi connectivity index (χ3v) is 6.89. The van der Waals surface area contributed by atoms with Crippen LogP contribution in [0.4, 0.5) is 39.5 Å². The van der Waals surface area contributed by atoms with Gasteiger partial charge in [-0.2, -0.15) is 39.5 Å². The third-order valence-electron chi connectivity index (χ3n) is 3.94. The summed E-state index contributed by atoms with van der Waals surface area (Å²) in [5, 5.41) is 0.406. The standard InChI is InChI=1S/C16H8Cl3F9Si/c17-29(18,19)12-7-3-10(4-8-12)9-1-5-11(6-2-9)13(20,21)14(22,23)15(24,25)16(26,27)28/h1-8H. The monoisotopic (exact) mass is 504 g/mol. The predicted molar refractivity (Wildman–Crippen MR) is 94.7 cm³/mol. The van der Waals surface area contributed by atoms with Gasteiger partial charge in [-0.1, -0.05) is 48.5 Å². The van der Waals surface area contributed by atoms with Crippen molar-refractivity contribution in [3.63, 3.8) is 0 Å². The van der Waals surface area contributed by atoms with E-state index in [4.69, 9.17) is 33.2 Å². The van der Waals surface area contributed by atoms with Gasteiger partial charge >= 0.3 is 29.9 Å². The van der Waals surface area contributed by atoms with Crippen molar-refractivity contribution < 1.29 is 39.5 Å². The average molecular weight is 506 g/mol. The fraction of sp³-hybridized carbons (Fsp3) is 0.250. The molecule has 2 aromatic rings. The van der Waals surface area contributed by atoms with Crippen LogP contribution in [-0.2, 0) is 5.92 Å². The first-order valence-electron chi connectivity index (χ1n) is 7.41. The molecule has 0 fully saturated rings. The van der Waals surface area contributed by atoms with E-state index in [1.165, 1.54) is 24.3 Å². The Morgan fingerprint density at radius 1 is 0.552 bits per heavy atom. The molecule has 0 aromatic heterocycles. The molecule has 0 heterocycles. The van der Waals surface area contributed by atoms with Gasteiger partial charge in [0.1, 0.15) is 0 Å². The molecule has 29 heavy (non-hydrogen) atoms. The summed E-state index contributed by atoms with van der Waals surface area (Å²) >= 11 is 17.4. The van der Waals surface area contributed by atoms with E-state index in [-0.39, 0.29) is 5.56 Å². The van der Waals surface area contributed by atoms with Gasteiger partial charge < -0.3 is 0 Å². The van der Waals surface area contributed by atoms with Crippen LogP contribution >= 0.6 is 33.2 Å². The summed E-state index contributed by atoms with van der Waals surface area (Å²) in [6.07, 6.45) is -6.87. The Kier molecular flexibility index (Phi) is 6.29. The van der Waals surface area contributed by atoms with Crippen LogP contribution in [0.1, 0.15) is 5.56 Å². The summed E-state index contributed by atoms with van der Waals surface area (Å²) in [7, 11) is 0. The molecule has 0 amide bonds. The number of alkyl halides is 9. The van der Waals surface area contributed by atoms with Gasteiger partial charge in [0.2, 0.25) is 0 Å². The first-order valence-corrected chi connectivity index (χ1v) is 12.4. The molecule has 0 unspecified atom stereocenters. The minimum absolute atomic E-state index is 0.188. The Hall–Kier alpha value is -1.10. The summed E-state index contributed by atoms with van der Waals surface area (Å²) in [6.45, 7) is 0. The average Bonchev–Trinajstić information content (AvgIpc) is 2.60. The molecule has 0 nitrogen and oxygen atoms in total. The number of benzene rings is 2. The Bertz CT molecular complexity index is 857. The summed E-state index contributed by atoms with van der Waals surface area (Å²) in [6, 6.07) is 4.99. The summed E-state index contributed by atoms with van der Waals surface area (Å²) in [5.41, 5.74) is -1.15. The second kappa shape index (κ2) is 7.54. The van der Waals surface area contributed by atoms with Crippen LogP contribution in [0.2, 0.25) is 0 Å². The highest BCUT2D eigenvalue weighted by atomic mass is 35.8. The van der Waals surface area contributed by atoms with E-state index in [2.05, 4.69) is 0 Å². The molecule has 13 heteroatoms. The molecule has 0 saturated heterocycles. The van der Waals surface area contributed by atoms with Crippen molar-refractivity contribution in [3.05, 3.63) is 54.1 Å². The molecule has 0 N–H and O–H groups in total. The molecule has 0 radical (unpaired) electrons. The molecule has 0 atom stereocenters. The fourth-order valence-corrected chi connectivity index (χ4v) is 3.96. The third kappa shape index (κ3) is 4.35. The normalized spacial score (nSPS) is 14.2. The molecule has 2 rings (SSSR count). The number of rotatable bonds is 5. The van der Waals surface area contributed by atoms with Crippen LogP contribution in [0.3, 0.4) is 0 Å². The molecule has 0 aliphatic carbocycles. The van der Waals surface area contributed by atoms with Gasteiger partial charge in [-0.15, -0.1) is 33.2 Å². The minimum Gasteiger partial charge on any atom is -0.194 e. The lowest BCUT2D eigenvalue weighted by atomic mass is 9.95. The second-order valence-corrected chi connectivity index (χ2v) is 14.3. The van der Waals surface area contributed by atoms with E-state index in [0.717, 1.165) is 12.1 Å². The Balaban J connectivity index is 2.38. The number of hydrogen-bond donors (Lipinski definition) is 0. The molecule has 0 spiro atoms. The van der Waals surface area contributed by atoms with Gasteiger partial charge in [0.15, 0.2) is 0 Å². The zero-order valence-electron chi connectivity index (χ0n) is 13.7. The SMILES string of the molecule is FC(F)(F)C(F)(F)C(F)(F)C(F)(F)c1ccc(-c2ccc([Si](Cl)(Cl)Cl)cc2)cc1. The molecule has 0 aliphatic heterocycles. The number of hydrogen-bond acceptors (Lipinski definition) is 0. The van der Waals surface area contributed by atoms with Crippen molar-refractivity contribution in [2.75, 3.05) is 0 Å². The van der Waals surface area contributed by atoms with Crippen molar-refractivity contribution in [2.24, 2.45) is 0 Å². The van der Waals surface area contributed by atoms with Crippen molar-refractivity contribution in [1.29, 1.82) is 0 Å². The summed E-state index contributed by atoms with van der Waals surface area (Å²) in [4.78, 5) is 0. The van der Waals surface area contributed by atoms with Crippen molar-refractivity contribution >= 4 is 44.4 Å². The van der Waals surface area contributed by atoms with Gasteiger partial charge in [-0.25, -0.2) is 0 Å². The number of halogens is 12. The van der Waals surface area contributed by atoms with Gasteiger partial charge in [-0.05, 0) is 16.3 Å². The predicted octanol–water partition coefficient (Wildman–Crippen LogP) is 7.14. The van der Waals surface area contributed by atoms with Crippen LogP contribution in [0.5, 0.6) is 0 Å². The van der Waals surface area contributed by atoms with E-state index in [1.54, 1.807) is 0 Å². The summed E-state index contributed by atoms with van der Waals surface area (Å²) in [5.74, 6) is -19.5. The maximum Gasteiger partial charge on any atom is 0.460 e.